The monoisotopic (exact) mass is 320 g/mol. The second kappa shape index (κ2) is 6.20. The summed E-state index contributed by atoms with van der Waals surface area (Å²) >= 11 is 0. The molecule has 1 aromatic carbocycles. The van der Waals surface area contributed by atoms with Crippen molar-refractivity contribution >= 4 is 21.5 Å². The van der Waals surface area contributed by atoms with E-state index < -0.39 is 10.0 Å². The van der Waals surface area contributed by atoms with Crippen molar-refractivity contribution in [2.75, 3.05) is 44.6 Å². The number of sulfonamides is 1. The van der Waals surface area contributed by atoms with Crippen LogP contribution in [0.15, 0.2) is 46.2 Å². The van der Waals surface area contributed by atoms with Crippen molar-refractivity contribution in [3.8, 4) is 0 Å². The number of nitrogens with zero attached hydrogens (tertiary/aromatic N) is 3. The van der Waals surface area contributed by atoms with Gasteiger partial charge in [0.25, 0.3) is 10.0 Å². The highest BCUT2D eigenvalue weighted by atomic mass is 32.2. The van der Waals surface area contributed by atoms with Crippen LogP contribution >= 0.6 is 0 Å². The van der Waals surface area contributed by atoms with Gasteiger partial charge in [-0.25, -0.2) is 0 Å². The summed E-state index contributed by atoms with van der Waals surface area (Å²) in [4.78, 5) is 4.79. The molecule has 118 valence electrons. The minimum Gasteiger partial charge on any atom is -0.341 e. The van der Waals surface area contributed by atoms with Crippen LogP contribution in [-0.2, 0) is 10.0 Å². The van der Waals surface area contributed by atoms with Gasteiger partial charge in [0.1, 0.15) is 10.7 Å². The fourth-order valence-electron chi connectivity index (χ4n) is 2.76. The van der Waals surface area contributed by atoms with Crippen LogP contribution in [0.1, 0.15) is 0 Å². The predicted octanol–water partition coefficient (Wildman–Crippen LogP) is 1.00. The minimum absolute atomic E-state index is 0.245. The predicted molar refractivity (Wildman–Crippen MR) is 87.8 cm³/mol. The number of anilines is 1. The normalized spacial score (nSPS) is 21.5. The zero-order valence-corrected chi connectivity index (χ0v) is 13.2. The van der Waals surface area contributed by atoms with Gasteiger partial charge in [0.15, 0.2) is 0 Å². The second-order valence-corrected chi connectivity index (χ2v) is 7.07. The molecule has 6 nitrogen and oxygen atoms in total. The minimum atomic E-state index is -3.59. The lowest BCUT2D eigenvalue weighted by Crippen LogP contribution is -2.48. The summed E-state index contributed by atoms with van der Waals surface area (Å²) in [5.41, 5.74) is 0.609. The summed E-state index contributed by atoms with van der Waals surface area (Å²) in [6.45, 7) is 8.89. The Morgan fingerprint density at radius 1 is 1.18 bits per heavy atom. The first kappa shape index (κ1) is 15.2. The topological polar surface area (TPSA) is 65.0 Å². The van der Waals surface area contributed by atoms with Crippen LogP contribution in [0.4, 0.5) is 5.69 Å². The maximum Gasteiger partial charge on any atom is 0.286 e. The summed E-state index contributed by atoms with van der Waals surface area (Å²) in [5, 5.41) is 3.14. The number of hydrogen-bond donors (Lipinski definition) is 1. The fourth-order valence-corrected chi connectivity index (χ4v) is 3.90. The Labute approximate surface area is 131 Å². The molecule has 22 heavy (non-hydrogen) atoms. The summed E-state index contributed by atoms with van der Waals surface area (Å²) in [6, 6.07) is 6.87. The molecule has 0 radical (unpaired) electrons. The van der Waals surface area contributed by atoms with Crippen molar-refractivity contribution < 1.29 is 8.42 Å². The van der Waals surface area contributed by atoms with E-state index in [0.29, 0.717) is 18.1 Å². The summed E-state index contributed by atoms with van der Waals surface area (Å²) < 4.78 is 28.3. The molecule has 7 heteroatoms. The smallest absolute Gasteiger partial charge is 0.286 e. The summed E-state index contributed by atoms with van der Waals surface area (Å²) in [6.07, 6.45) is 1.91. The number of fused-ring (bicyclic) bond motifs is 1. The zero-order valence-electron chi connectivity index (χ0n) is 12.4. The number of para-hydroxylation sites is 1. The number of nitrogens with one attached hydrogen (secondary N) is 1. The molecular weight excluding hydrogens is 300 g/mol. The van der Waals surface area contributed by atoms with E-state index >= 15 is 0 Å². The lowest BCUT2D eigenvalue weighted by atomic mass is 10.3. The number of hydrogen-bond acceptors (Lipinski definition) is 5. The van der Waals surface area contributed by atoms with Gasteiger partial charge in [-0.1, -0.05) is 18.2 Å². The zero-order chi connectivity index (χ0) is 15.6. The Hall–Kier alpha value is -1.70. The number of benzene rings is 1. The quantitative estimate of drug-likeness (QED) is 0.839. The molecule has 0 atom stereocenters. The average Bonchev–Trinajstić information content (AvgIpc) is 2.49. The molecule has 2 aliphatic heterocycles. The highest BCUT2D eigenvalue weighted by Crippen LogP contribution is 2.26. The van der Waals surface area contributed by atoms with E-state index in [-0.39, 0.29) is 4.90 Å². The largest absolute Gasteiger partial charge is 0.341 e. The number of piperazine rings is 1. The Morgan fingerprint density at radius 2 is 1.86 bits per heavy atom. The van der Waals surface area contributed by atoms with Crippen molar-refractivity contribution in [1.82, 2.24) is 9.80 Å². The molecule has 0 aliphatic carbocycles. The van der Waals surface area contributed by atoms with Gasteiger partial charge in [-0.3, -0.25) is 9.80 Å². The highest BCUT2D eigenvalue weighted by Gasteiger charge is 2.26. The van der Waals surface area contributed by atoms with Crippen LogP contribution in [0.5, 0.6) is 0 Å². The molecule has 0 saturated carbocycles. The third kappa shape index (κ3) is 3.21. The van der Waals surface area contributed by atoms with Crippen LogP contribution in [0.25, 0.3) is 0 Å². The molecule has 0 unspecified atom stereocenters. The molecule has 0 bridgehead atoms. The van der Waals surface area contributed by atoms with Crippen LogP contribution in [0.3, 0.4) is 0 Å². The van der Waals surface area contributed by atoms with Gasteiger partial charge in [0, 0.05) is 32.7 Å². The Morgan fingerprint density at radius 3 is 2.59 bits per heavy atom. The summed E-state index contributed by atoms with van der Waals surface area (Å²) in [7, 11) is -3.59. The van der Waals surface area contributed by atoms with Gasteiger partial charge >= 0.3 is 0 Å². The van der Waals surface area contributed by atoms with Crippen molar-refractivity contribution in [3.05, 3.63) is 36.9 Å². The maximum atomic E-state index is 12.2. The van der Waals surface area contributed by atoms with Crippen molar-refractivity contribution in [1.29, 1.82) is 0 Å². The Kier molecular flexibility index (Phi) is 4.28. The molecule has 1 aromatic rings. The molecule has 1 saturated heterocycles. The average molecular weight is 320 g/mol. The van der Waals surface area contributed by atoms with Gasteiger partial charge in [0.05, 0.1) is 12.2 Å². The van der Waals surface area contributed by atoms with Crippen LogP contribution in [0.2, 0.25) is 0 Å². The molecule has 0 aromatic heterocycles. The lowest BCUT2D eigenvalue weighted by Gasteiger charge is -2.34. The standard InChI is InChI=1S/C15H20N4O2S/c1-2-7-18-8-10-19(11-9-18)12-15-16-13-5-3-4-6-14(13)22(20,21)17-15/h2-6H,1,7-12H2,(H,16,17). The second-order valence-electron chi connectivity index (χ2n) is 5.50. The van der Waals surface area contributed by atoms with E-state index in [9.17, 15) is 8.42 Å². The highest BCUT2D eigenvalue weighted by molar-refractivity contribution is 7.90. The van der Waals surface area contributed by atoms with Crippen molar-refractivity contribution in [2.24, 2.45) is 4.40 Å². The number of amidine groups is 1. The van der Waals surface area contributed by atoms with E-state index in [2.05, 4.69) is 26.1 Å². The van der Waals surface area contributed by atoms with E-state index in [1.54, 1.807) is 18.2 Å². The molecule has 3 rings (SSSR count). The van der Waals surface area contributed by atoms with Crippen LogP contribution < -0.4 is 5.32 Å². The van der Waals surface area contributed by atoms with Gasteiger partial charge < -0.3 is 5.32 Å². The molecule has 2 heterocycles. The molecule has 0 amide bonds. The van der Waals surface area contributed by atoms with Crippen LogP contribution in [-0.4, -0.2) is 63.3 Å². The Balaban J connectivity index is 1.68. The van der Waals surface area contributed by atoms with Crippen molar-refractivity contribution in [2.45, 2.75) is 4.90 Å². The van der Waals surface area contributed by atoms with Crippen molar-refractivity contribution in [3.63, 3.8) is 0 Å². The van der Waals surface area contributed by atoms with E-state index in [0.717, 1.165) is 32.7 Å². The molecule has 1 fully saturated rings. The van der Waals surface area contributed by atoms with E-state index in [1.807, 2.05) is 12.1 Å². The first-order chi connectivity index (χ1) is 10.6. The van der Waals surface area contributed by atoms with E-state index in [4.69, 9.17) is 0 Å². The molecule has 0 spiro atoms. The van der Waals surface area contributed by atoms with Gasteiger partial charge in [-0.15, -0.1) is 11.0 Å². The maximum absolute atomic E-state index is 12.2. The fraction of sp³-hybridized carbons (Fsp3) is 0.400. The third-order valence-electron chi connectivity index (χ3n) is 3.90. The first-order valence-electron chi connectivity index (χ1n) is 7.34. The SMILES string of the molecule is C=CCN1CCN(CC2=NS(=O)(=O)c3ccccc3N2)CC1. The molecule has 2 aliphatic rings. The third-order valence-corrected chi connectivity index (χ3v) is 5.27. The first-order valence-corrected chi connectivity index (χ1v) is 8.78. The summed E-state index contributed by atoms with van der Waals surface area (Å²) in [5.74, 6) is 0.496. The van der Waals surface area contributed by atoms with Crippen LogP contribution in [0, 0.1) is 0 Å². The Bertz CT molecular complexity index is 691. The molecule has 1 N–H and O–H groups in total. The van der Waals surface area contributed by atoms with Gasteiger partial charge in [-0.05, 0) is 12.1 Å². The van der Waals surface area contributed by atoms with Gasteiger partial charge in [-0.2, -0.15) is 8.42 Å². The molecular formula is C15H20N4O2S. The van der Waals surface area contributed by atoms with Gasteiger partial charge in [0.2, 0.25) is 0 Å². The number of rotatable bonds is 4. The van der Waals surface area contributed by atoms with E-state index in [1.165, 1.54) is 0 Å². The lowest BCUT2D eigenvalue weighted by molar-refractivity contribution is 0.157.